The number of nitrogens with one attached hydrogen (secondary N) is 2. The summed E-state index contributed by atoms with van der Waals surface area (Å²) in [4.78, 5) is 11.4. The first kappa shape index (κ1) is 13.3. The molecule has 5 heteroatoms. The number of anilines is 1. The molecule has 0 aromatic heterocycles. The van der Waals surface area contributed by atoms with E-state index in [1.54, 1.807) is 18.2 Å². The summed E-state index contributed by atoms with van der Waals surface area (Å²) < 4.78 is 0. The molecule has 90 valence electrons. The fourth-order valence-corrected chi connectivity index (χ4v) is 1.42. The van der Waals surface area contributed by atoms with E-state index in [9.17, 15) is 4.79 Å². The Balaban J connectivity index is 2.57. The molecule has 1 aromatic carbocycles. The van der Waals surface area contributed by atoms with E-state index in [0.717, 1.165) is 6.42 Å². The zero-order chi connectivity index (χ0) is 12.7. The molecule has 0 unspecified atom stereocenters. The van der Waals surface area contributed by atoms with Crippen molar-refractivity contribution in [1.29, 1.82) is 5.26 Å². The summed E-state index contributed by atoms with van der Waals surface area (Å²) >= 11 is 5.94. The maximum Gasteiger partial charge on any atom is 0.239 e. The molecule has 0 bridgehead atoms. The van der Waals surface area contributed by atoms with Crippen LogP contribution in [0.3, 0.4) is 0 Å². The highest BCUT2D eigenvalue weighted by atomic mass is 35.5. The molecule has 1 amide bonds. The number of nitrogens with zero attached hydrogens (tertiary/aromatic N) is 1. The summed E-state index contributed by atoms with van der Waals surface area (Å²) in [5, 5.41) is 14.9. The second-order valence-electron chi connectivity index (χ2n) is 3.51. The molecule has 0 aliphatic rings. The summed E-state index contributed by atoms with van der Waals surface area (Å²) in [6.07, 6.45) is 0.899. The molecule has 0 heterocycles. The van der Waals surface area contributed by atoms with Crippen molar-refractivity contribution < 1.29 is 4.79 Å². The monoisotopic (exact) mass is 251 g/mol. The first-order chi connectivity index (χ1) is 8.17. The van der Waals surface area contributed by atoms with Crippen LogP contribution < -0.4 is 10.6 Å². The van der Waals surface area contributed by atoms with Crippen LogP contribution in [-0.2, 0) is 4.79 Å². The van der Waals surface area contributed by atoms with Gasteiger partial charge in [0.15, 0.2) is 0 Å². The third-order valence-corrected chi connectivity index (χ3v) is 2.44. The van der Waals surface area contributed by atoms with Crippen molar-refractivity contribution in [3.05, 3.63) is 28.8 Å². The molecule has 0 saturated carbocycles. The van der Waals surface area contributed by atoms with Crippen LogP contribution in [0.25, 0.3) is 0 Å². The van der Waals surface area contributed by atoms with E-state index in [4.69, 9.17) is 16.9 Å². The lowest BCUT2D eigenvalue weighted by Gasteiger charge is -2.08. The fraction of sp³-hybridized carbons (Fsp3) is 0.333. The number of hydrogen-bond donors (Lipinski definition) is 2. The molecule has 17 heavy (non-hydrogen) atoms. The molecule has 0 spiro atoms. The predicted molar refractivity (Wildman–Crippen MR) is 68.0 cm³/mol. The quantitative estimate of drug-likeness (QED) is 0.843. The van der Waals surface area contributed by atoms with Crippen LogP contribution in [0, 0.1) is 11.3 Å². The van der Waals surface area contributed by atoms with Gasteiger partial charge in [-0.05, 0) is 24.6 Å². The third-order valence-electron chi connectivity index (χ3n) is 2.11. The Hall–Kier alpha value is -1.73. The molecule has 2 N–H and O–H groups in total. The van der Waals surface area contributed by atoms with Gasteiger partial charge in [0.05, 0.1) is 28.9 Å². The Kier molecular flexibility index (Phi) is 5.31. The van der Waals surface area contributed by atoms with Gasteiger partial charge in [-0.2, -0.15) is 5.26 Å². The van der Waals surface area contributed by atoms with Gasteiger partial charge in [0.1, 0.15) is 0 Å². The van der Waals surface area contributed by atoms with Crippen molar-refractivity contribution in [3.63, 3.8) is 0 Å². The van der Waals surface area contributed by atoms with Gasteiger partial charge in [0, 0.05) is 6.54 Å². The average Bonchev–Trinajstić information content (AvgIpc) is 2.35. The molecule has 0 aliphatic heterocycles. The predicted octanol–water partition coefficient (Wildman–Crippen LogP) is 2.15. The van der Waals surface area contributed by atoms with Crippen molar-refractivity contribution in [2.75, 3.05) is 18.4 Å². The molecular weight excluding hydrogens is 238 g/mol. The van der Waals surface area contributed by atoms with Crippen molar-refractivity contribution >= 4 is 23.2 Å². The summed E-state index contributed by atoms with van der Waals surface area (Å²) in [6.45, 7) is 2.79. The van der Waals surface area contributed by atoms with Crippen molar-refractivity contribution in [3.8, 4) is 6.07 Å². The standard InChI is InChI=1S/C12H14ClN3O/c1-2-5-15-12(17)8-16-11-6-9(7-14)3-4-10(11)13/h3-4,6,16H,2,5,8H2,1H3,(H,15,17). The summed E-state index contributed by atoms with van der Waals surface area (Å²) in [7, 11) is 0. The highest BCUT2D eigenvalue weighted by Gasteiger charge is 2.04. The largest absolute Gasteiger partial charge is 0.375 e. The Morgan fingerprint density at radius 3 is 2.94 bits per heavy atom. The van der Waals surface area contributed by atoms with E-state index < -0.39 is 0 Å². The minimum Gasteiger partial charge on any atom is -0.375 e. The SMILES string of the molecule is CCCNC(=O)CNc1cc(C#N)ccc1Cl. The number of hydrogen-bond acceptors (Lipinski definition) is 3. The van der Waals surface area contributed by atoms with Gasteiger partial charge in [-0.1, -0.05) is 18.5 Å². The lowest BCUT2D eigenvalue weighted by Crippen LogP contribution is -2.30. The highest BCUT2D eigenvalue weighted by molar-refractivity contribution is 6.33. The molecule has 0 atom stereocenters. The smallest absolute Gasteiger partial charge is 0.239 e. The zero-order valence-electron chi connectivity index (χ0n) is 9.59. The van der Waals surface area contributed by atoms with Crippen LogP contribution in [0.1, 0.15) is 18.9 Å². The maximum absolute atomic E-state index is 11.4. The van der Waals surface area contributed by atoms with Crippen LogP contribution in [-0.4, -0.2) is 19.0 Å². The molecule has 1 aromatic rings. The average molecular weight is 252 g/mol. The van der Waals surface area contributed by atoms with Crippen molar-refractivity contribution in [1.82, 2.24) is 5.32 Å². The van der Waals surface area contributed by atoms with E-state index in [1.165, 1.54) is 0 Å². The number of halogens is 1. The first-order valence-corrected chi connectivity index (χ1v) is 5.75. The maximum atomic E-state index is 11.4. The van der Waals surface area contributed by atoms with E-state index in [0.29, 0.717) is 22.8 Å². The molecule has 1 rings (SSSR count). The number of rotatable bonds is 5. The molecule has 4 nitrogen and oxygen atoms in total. The number of carbonyl (C=O) groups is 1. The fourth-order valence-electron chi connectivity index (χ4n) is 1.23. The molecule has 0 aliphatic carbocycles. The van der Waals surface area contributed by atoms with Crippen LogP contribution in [0.2, 0.25) is 5.02 Å². The van der Waals surface area contributed by atoms with Crippen molar-refractivity contribution in [2.24, 2.45) is 0 Å². The topological polar surface area (TPSA) is 64.9 Å². The Morgan fingerprint density at radius 2 is 2.29 bits per heavy atom. The van der Waals surface area contributed by atoms with Gasteiger partial charge in [-0.3, -0.25) is 4.79 Å². The van der Waals surface area contributed by atoms with Crippen LogP contribution in [0.15, 0.2) is 18.2 Å². The van der Waals surface area contributed by atoms with Gasteiger partial charge in [0.25, 0.3) is 0 Å². The van der Waals surface area contributed by atoms with Gasteiger partial charge < -0.3 is 10.6 Å². The molecule has 0 fully saturated rings. The van der Waals surface area contributed by atoms with E-state index in [1.807, 2.05) is 13.0 Å². The zero-order valence-corrected chi connectivity index (χ0v) is 10.3. The van der Waals surface area contributed by atoms with E-state index >= 15 is 0 Å². The van der Waals surface area contributed by atoms with Gasteiger partial charge >= 0.3 is 0 Å². The second kappa shape index (κ2) is 6.77. The molecule has 0 radical (unpaired) electrons. The van der Waals surface area contributed by atoms with E-state index in [-0.39, 0.29) is 12.5 Å². The van der Waals surface area contributed by atoms with Gasteiger partial charge in [-0.25, -0.2) is 0 Å². The van der Waals surface area contributed by atoms with Crippen LogP contribution >= 0.6 is 11.6 Å². The normalized spacial score (nSPS) is 9.47. The summed E-state index contributed by atoms with van der Waals surface area (Å²) in [6, 6.07) is 6.90. The van der Waals surface area contributed by atoms with Crippen molar-refractivity contribution in [2.45, 2.75) is 13.3 Å². The Bertz CT molecular complexity index is 440. The van der Waals surface area contributed by atoms with Crippen LogP contribution in [0.4, 0.5) is 5.69 Å². The molecular formula is C12H14ClN3O. The van der Waals surface area contributed by atoms with E-state index in [2.05, 4.69) is 10.6 Å². The Morgan fingerprint density at radius 1 is 1.53 bits per heavy atom. The number of carbonyl (C=O) groups excluding carboxylic acids is 1. The minimum atomic E-state index is -0.0923. The number of amides is 1. The summed E-state index contributed by atoms with van der Waals surface area (Å²) in [5.74, 6) is -0.0923. The van der Waals surface area contributed by atoms with Crippen LogP contribution in [0.5, 0.6) is 0 Å². The van der Waals surface area contributed by atoms with Gasteiger partial charge in [0.2, 0.25) is 5.91 Å². The minimum absolute atomic E-state index is 0.0923. The first-order valence-electron chi connectivity index (χ1n) is 5.37. The Labute approximate surface area is 106 Å². The summed E-state index contributed by atoms with van der Waals surface area (Å²) in [5.41, 5.74) is 1.10. The number of benzene rings is 1. The molecule has 0 saturated heterocycles. The number of nitriles is 1. The third kappa shape index (κ3) is 4.33. The van der Waals surface area contributed by atoms with Gasteiger partial charge in [-0.15, -0.1) is 0 Å². The second-order valence-corrected chi connectivity index (χ2v) is 3.92. The highest BCUT2D eigenvalue weighted by Crippen LogP contribution is 2.22. The lowest BCUT2D eigenvalue weighted by molar-refractivity contribution is -0.119. The lowest BCUT2D eigenvalue weighted by atomic mass is 10.2.